The van der Waals surface area contributed by atoms with E-state index >= 15 is 0 Å². The predicted octanol–water partition coefficient (Wildman–Crippen LogP) is 1.63. The van der Waals surface area contributed by atoms with Crippen LogP contribution in [0.25, 0.3) is 0 Å². The molecular formula is C4H2IN. The van der Waals surface area contributed by atoms with Gasteiger partial charge in [-0.1, -0.05) is 5.92 Å². The lowest BCUT2D eigenvalue weighted by molar-refractivity contribution is 1.69. The number of allylic oxidation sites excluding steroid dienone is 1. The molecule has 0 fully saturated rings. The van der Waals surface area contributed by atoms with Crippen molar-refractivity contribution in [2.24, 2.45) is 3.15 Å². The minimum absolute atomic E-state index is 0.108. The van der Waals surface area contributed by atoms with Crippen LogP contribution in [-0.4, -0.2) is 0 Å². The Hall–Kier alpha value is -0.170. The van der Waals surface area contributed by atoms with E-state index in [1.165, 1.54) is 0 Å². The highest BCUT2D eigenvalue weighted by atomic mass is 127. The summed E-state index contributed by atoms with van der Waals surface area (Å²) in [6.07, 6.45) is 3.53. The molecule has 0 N–H and O–H groups in total. The molecule has 0 bridgehead atoms. The molecule has 0 radical (unpaired) electrons. The Kier molecular flexibility index (Phi) is 1.39. The fourth-order valence-electron chi connectivity index (χ4n) is 0.174. The average Bonchev–Trinajstić information content (AvgIpc) is 1.72. The summed E-state index contributed by atoms with van der Waals surface area (Å²) in [6.45, 7) is 0. The van der Waals surface area contributed by atoms with Gasteiger partial charge in [0.05, 0.1) is 21.0 Å². The van der Waals surface area contributed by atoms with Crippen molar-refractivity contribution in [3.05, 3.63) is 12.3 Å². The van der Waals surface area contributed by atoms with Crippen LogP contribution in [0.1, 0.15) is 0 Å². The van der Waals surface area contributed by atoms with Crippen LogP contribution >= 0.6 is 21.0 Å². The van der Waals surface area contributed by atoms with Crippen molar-refractivity contribution >= 4 is 21.0 Å². The van der Waals surface area contributed by atoms with Crippen molar-refractivity contribution < 1.29 is 0 Å². The average molecular weight is 191 g/mol. The third kappa shape index (κ3) is 0.902. The van der Waals surface area contributed by atoms with Crippen molar-refractivity contribution in [1.82, 2.24) is 0 Å². The van der Waals surface area contributed by atoms with Gasteiger partial charge in [-0.25, -0.2) is 3.15 Å². The number of nitrogens with zero attached hydrogens (tertiary/aromatic N) is 1. The lowest BCUT2D eigenvalue weighted by Crippen LogP contribution is -1.47. The molecule has 0 aromatic rings. The van der Waals surface area contributed by atoms with E-state index in [0.717, 1.165) is 0 Å². The summed E-state index contributed by atoms with van der Waals surface area (Å²) in [7, 11) is 0. The van der Waals surface area contributed by atoms with E-state index in [-0.39, 0.29) is 21.0 Å². The van der Waals surface area contributed by atoms with Gasteiger partial charge in [0.15, 0.2) is 0 Å². The Morgan fingerprint density at radius 3 is 2.83 bits per heavy atom. The van der Waals surface area contributed by atoms with Crippen molar-refractivity contribution in [3.8, 4) is 9.85 Å². The third-order valence-electron chi connectivity index (χ3n) is 0.360. The molecule has 1 aliphatic heterocycles. The number of hydrogen-bond acceptors (Lipinski definition) is 1. The van der Waals surface area contributed by atoms with Crippen LogP contribution in [0.4, 0.5) is 0 Å². The van der Waals surface area contributed by atoms with E-state index < -0.39 is 0 Å². The summed E-state index contributed by atoms with van der Waals surface area (Å²) >= 11 is -0.108. The first-order valence-electron chi connectivity index (χ1n) is 1.49. The highest BCUT2D eigenvalue weighted by Gasteiger charge is 1.65. The normalized spacial score (nSPS) is 14.7. The van der Waals surface area contributed by atoms with Crippen LogP contribution in [0.2, 0.25) is 0 Å². The lowest BCUT2D eigenvalue weighted by Gasteiger charge is -1.70. The van der Waals surface area contributed by atoms with Gasteiger partial charge in [-0.15, -0.1) is 0 Å². The molecule has 0 saturated carbocycles. The predicted molar refractivity (Wildman–Crippen MR) is 33.4 cm³/mol. The Morgan fingerprint density at radius 1 is 1.67 bits per heavy atom. The second-order valence-corrected chi connectivity index (χ2v) is 2.32. The Morgan fingerprint density at radius 2 is 2.67 bits per heavy atom. The minimum Gasteiger partial charge on any atom is -0.221 e. The quantitative estimate of drug-likeness (QED) is 0.407. The van der Waals surface area contributed by atoms with Crippen molar-refractivity contribution in [1.29, 1.82) is 0 Å². The molecule has 30 valence electrons. The molecule has 1 aliphatic rings. The van der Waals surface area contributed by atoms with Gasteiger partial charge in [0, 0.05) is 12.3 Å². The standard InChI is InChI=1S/C4H2IN/c1-2-4-6-5-3-1/h2,4H. The zero-order valence-corrected chi connectivity index (χ0v) is 5.14. The first-order valence-corrected chi connectivity index (χ1v) is 3.53. The van der Waals surface area contributed by atoms with E-state index in [1.807, 2.05) is 0 Å². The smallest absolute Gasteiger partial charge is 0.0857 e. The molecule has 0 spiro atoms. The van der Waals surface area contributed by atoms with Crippen LogP contribution in [-0.2, 0) is 0 Å². The number of halogens is 1. The van der Waals surface area contributed by atoms with Gasteiger partial charge in [-0.3, -0.25) is 0 Å². The minimum atomic E-state index is -0.108. The molecule has 0 saturated heterocycles. The fraction of sp³-hybridized carbons (Fsp3) is 0. The largest absolute Gasteiger partial charge is 0.221 e. The molecule has 0 aromatic heterocycles. The summed E-state index contributed by atoms with van der Waals surface area (Å²) in [4.78, 5) is 0. The molecule has 0 aromatic carbocycles. The zero-order chi connectivity index (χ0) is 4.24. The van der Waals surface area contributed by atoms with Gasteiger partial charge in [0.25, 0.3) is 0 Å². The molecule has 0 unspecified atom stereocenters. The van der Waals surface area contributed by atoms with Crippen LogP contribution < -0.4 is 0 Å². The summed E-state index contributed by atoms with van der Waals surface area (Å²) in [5, 5.41) is 0. The van der Waals surface area contributed by atoms with Gasteiger partial charge in [0.1, 0.15) is 0 Å². The number of hydrogen-bond donors (Lipinski definition) is 0. The molecule has 0 amide bonds. The summed E-state index contributed by atoms with van der Waals surface area (Å²) in [6, 6.07) is 0. The maximum absolute atomic E-state index is 3.93. The van der Waals surface area contributed by atoms with Crippen LogP contribution in [0.5, 0.6) is 0 Å². The molecule has 0 aliphatic carbocycles. The Bertz CT molecular complexity index is 131. The summed E-state index contributed by atoms with van der Waals surface area (Å²) in [5.41, 5.74) is 0. The van der Waals surface area contributed by atoms with Crippen LogP contribution in [0.15, 0.2) is 15.4 Å². The molecule has 2 heteroatoms. The summed E-state index contributed by atoms with van der Waals surface area (Å²) < 4.78 is 6.82. The van der Waals surface area contributed by atoms with E-state index in [1.54, 1.807) is 12.3 Å². The number of rotatable bonds is 0. The van der Waals surface area contributed by atoms with Crippen molar-refractivity contribution in [2.75, 3.05) is 0 Å². The molecule has 6 heavy (non-hydrogen) atoms. The van der Waals surface area contributed by atoms with E-state index in [2.05, 4.69) is 13.0 Å². The third-order valence-corrected chi connectivity index (χ3v) is 1.51. The molecule has 1 heterocycles. The zero-order valence-electron chi connectivity index (χ0n) is 2.98. The maximum Gasteiger partial charge on any atom is 0.0857 e. The molecule has 1 nitrogen and oxygen atoms in total. The van der Waals surface area contributed by atoms with E-state index in [9.17, 15) is 0 Å². The van der Waals surface area contributed by atoms with Gasteiger partial charge in [-0.2, -0.15) is 0 Å². The van der Waals surface area contributed by atoms with Gasteiger partial charge in [0.2, 0.25) is 0 Å². The molecular weight excluding hydrogens is 189 g/mol. The van der Waals surface area contributed by atoms with E-state index in [0.29, 0.717) is 0 Å². The van der Waals surface area contributed by atoms with Gasteiger partial charge < -0.3 is 0 Å². The molecule has 1 rings (SSSR count). The first-order chi connectivity index (χ1) is 3.00. The highest BCUT2D eigenvalue weighted by Crippen LogP contribution is 1.99. The Balaban J connectivity index is 2.89. The maximum atomic E-state index is 3.93. The van der Waals surface area contributed by atoms with Crippen molar-refractivity contribution in [2.45, 2.75) is 0 Å². The second kappa shape index (κ2) is 2.08. The Labute approximate surface area is 46.6 Å². The van der Waals surface area contributed by atoms with Gasteiger partial charge >= 0.3 is 0 Å². The van der Waals surface area contributed by atoms with Crippen molar-refractivity contribution in [3.63, 3.8) is 0 Å². The second-order valence-electron chi connectivity index (χ2n) is 0.737. The topological polar surface area (TPSA) is 12.4 Å². The molecule has 0 atom stereocenters. The first kappa shape index (κ1) is 4.00. The van der Waals surface area contributed by atoms with E-state index in [4.69, 9.17) is 0 Å². The lowest BCUT2D eigenvalue weighted by atomic mass is 10.6. The fourth-order valence-corrected chi connectivity index (χ4v) is 0.954. The van der Waals surface area contributed by atoms with Crippen LogP contribution in [0, 0.1) is 9.85 Å². The SMILES string of the molecule is C1#CI=NC=C1. The van der Waals surface area contributed by atoms with Crippen LogP contribution in [0.3, 0.4) is 0 Å². The van der Waals surface area contributed by atoms with Gasteiger partial charge in [-0.05, 0) is 3.93 Å². The summed E-state index contributed by atoms with van der Waals surface area (Å²) in [5.74, 6) is 2.81. The highest BCUT2D eigenvalue weighted by molar-refractivity contribution is 14.2. The monoisotopic (exact) mass is 191 g/mol.